The van der Waals surface area contributed by atoms with E-state index < -0.39 is 17.5 Å². The minimum absolute atomic E-state index is 0.171. The molecule has 0 bridgehead atoms. The molecule has 1 saturated carbocycles. The van der Waals surface area contributed by atoms with Crippen LogP contribution in [-0.2, 0) is 4.74 Å². The Morgan fingerprint density at radius 2 is 2.29 bits per heavy atom. The van der Waals surface area contributed by atoms with Gasteiger partial charge in [0.1, 0.15) is 0 Å². The second-order valence-electron chi connectivity index (χ2n) is 4.49. The number of nitrogens with zero attached hydrogens (tertiary/aromatic N) is 1. The van der Waals surface area contributed by atoms with Gasteiger partial charge in [-0.05, 0) is 6.42 Å². The van der Waals surface area contributed by atoms with Gasteiger partial charge in [0.15, 0.2) is 5.66 Å². The number of ether oxygens (including phenoxy) is 1. The summed E-state index contributed by atoms with van der Waals surface area (Å²) in [5.41, 5.74) is 10.8. The van der Waals surface area contributed by atoms with Crippen LogP contribution in [0, 0.1) is 5.92 Å². The summed E-state index contributed by atoms with van der Waals surface area (Å²) >= 11 is 0. The van der Waals surface area contributed by atoms with Crippen molar-refractivity contribution in [1.82, 2.24) is 5.32 Å². The number of amidine groups is 1. The number of rotatable bonds is 1. The van der Waals surface area contributed by atoms with E-state index in [9.17, 15) is 8.78 Å². The summed E-state index contributed by atoms with van der Waals surface area (Å²) in [6.07, 6.45) is 1.29. The van der Waals surface area contributed by atoms with Crippen LogP contribution in [0.4, 0.5) is 8.78 Å². The normalized spacial score (nSPS) is 35.9. The van der Waals surface area contributed by atoms with Gasteiger partial charge >= 0.3 is 0 Å². The van der Waals surface area contributed by atoms with Crippen LogP contribution in [-0.4, -0.2) is 24.7 Å². The number of hydrogen-bond donors (Lipinski definition) is 3. The summed E-state index contributed by atoms with van der Waals surface area (Å²) in [6.45, 7) is 0. The first-order valence-corrected chi connectivity index (χ1v) is 5.40. The molecule has 2 rings (SSSR count). The van der Waals surface area contributed by atoms with Crippen molar-refractivity contribution in [2.45, 2.75) is 30.8 Å². The zero-order chi connectivity index (χ0) is 12.7. The highest BCUT2D eigenvalue weighted by molar-refractivity contribution is 5.76. The molecule has 2 aliphatic rings. The fraction of sp³-hybridized carbons (Fsp3) is 0.700. The van der Waals surface area contributed by atoms with Gasteiger partial charge in [0, 0.05) is 25.0 Å². The van der Waals surface area contributed by atoms with Gasteiger partial charge in [0.05, 0.1) is 12.8 Å². The highest BCUT2D eigenvalue weighted by atomic mass is 19.3. The predicted octanol–water partition coefficient (Wildman–Crippen LogP) is 0.482. The summed E-state index contributed by atoms with van der Waals surface area (Å²) in [4.78, 5) is 4.10. The van der Waals surface area contributed by atoms with Gasteiger partial charge in [-0.25, -0.2) is 13.8 Å². The molecule has 0 aromatic heterocycles. The van der Waals surface area contributed by atoms with E-state index in [0.717, 1.165) is 0 Å². The molecule has 0 radical (unpaired) electrons. The quantitative estimate of drug-likeness (QED) is 0.628. The van der Waals surface area contributed by atoms with Crippen molar-refractivity contribution in [3.63, 3.8) is 0 Å². The lowest BCUT2D eigenvalue weighted by molar-refractivity contribution is 0.00200. The summed E-state index contributed by atoms with van der Waals surface area (Å²) in [5.74, 6) is -3.15. The average Bonchev–Trinajstić information content (AvgIpc) is 2.63. The third-order valence-corrected chi connectivity index (χ3v) is 3.32. The molecule has 0 saturated heterocycles. The van der Waals surface area contributed by atoms with Crippen LogP contribution in [0.3, 0.4) is 0 Å². The number of hydrogen-bond acceptors (Lipinski definition) is 5. The molecule has 1 aliphatic carbocycles. The monoisotopic (exact) mass is 246 g/mol. The Morgan fingerprint density at radius 3 is 2.82 bits per heavy atom. The van der Waals surface area contributed by atoms with E-state index >= 15 is 0 Å². The number of methoxy groups -OCH3 is 1. The van der Waals surface area contributed by atoms with Crippen molar-refractivity contribution in [2.24, 2.45) is 22.4 Å². The first-order valence-electron chi connectivity index (χ1n) is 5.40. The molecule has 1 fully saturated rings. The fourth-order valence-corrected chi connectivity index (χ4v) is 2.28. The second-order valence-corrected chi connectivity index (χ2v) is 4.49. The minimum atomic E-state index is -2.68. The number of nitrogens with one attached hydrogen (secondary N) is 1. The van der Waals surface area contributed by atoms with E-state index in [0.29, 0.717) is 6.42 Å². The Kier molecular flexibility index (Phi) is 2.73. The summed E-state index contributed by atoms with van der Waals surface area (Å²) in [7, 11) is 1.42. The molecule has 5 nitrogen and oxygen atoms in total. The molecule has 5 N–H and O–H groups in total. The molecule has 0 aromatic rings. The van der Waals surface area contributed by atoms with Crippen molar-refractivity contribution >= 4 is 6.02 Å². The van der Waals surface area contributed by atoms with Crippen LogP contribution in [0.1, 0.15) is 19.3 Å². The Morgan fingerprint density at radius 1 is 1.59 bits per heavy atom. The molecule has 0 aromatic carbocycles. The number of nitrogens with two attached hydrogens (primary N) is 2. The molecule has 1 heterocycles. The highest BCUT2D eigenvalue weighted by Gasteiger charge is 2.50. The van der Waals surface area contributed by atoms with Crippen molar-refractivity contribution in [3.8, 4) is 0 Å². The topological polar surface area (TPSA) is 85.7 Å². The lowest BCUT2D eigenvalue weighted by atomic mass is 9.89. The Balaban J connectivity index is 2.25. The summed E-state index contributed by atoms with van der Waals surface area (Å²) < 4.78 is 31.3. The Labute approximate surface area is 97.9 Å². The van der Waals surface area contributed by atoms with Crippen molar-refractivity contribution in [2.75, 3.05) is 7.11 Å². The van der Waals surface area contributed by atoms with Crippen LogP contribution in [0.15, 0.2) is 16.9 Å². The highest BCUT2D eigenvalue weighted by Crippen LogP contribution is 2.45. The molecule has 0 amide bonds. The van der Waals surface area contributed by atoms with E-state index in [1.807, 2.05) is 0 Å². The maximum absolute atomic E-state index is 13.2. The third kappa shape index (κ3) is 2.06. The number of alkyl halides is 2. The SMILES string of the molecule is COC1=NC(N)(C2CCC(F)(F)C2)C(N)=CN1. The standard InChI is InChI=1S/C10H16F2N4O/c1-17-8-15-5-7(13)10(14,16-8)6-2-3-9(11,12)4-6/h5-6H,2-4,13-14H2,1H3,(H,15,16). The minimum Gasteiger partial charge on any atom is -0.468 e. The van der Waals surface area contributed by atoms with E-state index in [2.05, 4.69) is 10.3 Å². The molecular weight excluding hydrogens is 230 g/mol. The van der Waals surface area contributed by atoms with Gasteiger partial charge in [-0.15, -0.1) is 0 Å². The van der Waals surface area contributed by atoms with Gasteiger partial charge in [-0.2, -0.15) is 0 Å². The largest absolute Gasteiger partial charge is 0.468 e. The molecule has 0 spiro atoms. The van der Waals surface area contributed by atoms with Gasteiger partial charge in [-0.1, -0.05) is 0 Å². The van der Waals surface area contributed by atoms with Crippen LogP contribution in [0.25, 0.3) is 0 Å². The van der Waals surface area contributed by atoms with E-state index in [4.69, 9.17) is 16.2 Å². The lowest BCUT2D eigenvalue weighted by Gasteiger charge is -2.34. The maximum Gasteiger partial charge on any atom is 0.290 e. The van der Waals surface area contributed by atoms with E-state index in [1.54, 1.807) is 0 Å². The molecule has 96 valence electrons. The lowest BCUT2D eigenvalue weighted by Crippen LogP contribution is -2.53. The van der Waals surface area contributed by atoms with Crippen molar-refractivity contribution < 1.29 is 13.5 Å². The predicted molar refractivity (Wildman–Crippen MR) is 59.1 cm³/mol. The van der Waals surface area contributed by atoms with Crippen molar-refractivity contribution in [3.05, 3.63) is 11.9 Å². The first-order chi connectivity index (χ1) is 7.87. The van der Waals surface area contributed by atoms with Gasteiger partial charge in [-0.3, -0.25) is 0 Å². The van der Waals surface area contributed by atoms with Crippen molar-refractivity contribution in [1.29, 1.82) is 0 Å². The second kappa shape index (κ2) is 3.83. The number of halogens is 2. The van der Waals surface area contributed by atoms with Crippen LogP contribution in [0.5, 0.6) is 0 Å². The molecule has 2 unspecified atom stereocenters. The van der Waals surface area contributed by atoms with Gasteiger partial charge in [0.25, 0.3) is 6.02 Å². The molecule has 2 atom stereocenters. The molecule has 17 heavy (non-hydrogen) atoms. The molecule has 1 aliphatic heterocycles. The Hall–Kier alpha value is -1.37. The third-order valence-electron chi connectivity index (χ3n) is 3.32. The molecule has 7 heteroatoms. The smallest absolute Gasteiger partial charge is 0.290 e. The zero-order valence-electron chi connectivity index (χ0n) is 9.54. The summed E-state index contributed by atoms with van der Waals surface area (Å²) in [6, 6.07) is 0.192. The average molecular weight is 246 g/mol. The van der Waals surface area contributed by atoms with E-state index in [-0.39, 0.29) is 24.6 Å². The molecular formula is C10H16F2N4O. The summed E-state index contributed by atoms with van der Waals surface area (Å²) in [5, 5.41) is 2.69. The Bertz CT molecular complexity index is 383. The number of aliphatic imine (C=N–C) groups is 1. The van der Waals surface area contributed by atoms with Crippen LogP contribution in [0.2, 0.25) is 0 Å². The van der Waals surface area contributed by atoms with Gasteiger partial charge in [0.2, 0.25) is 5.92 Å². The van der Waals surface area contributed by atoms with E-state index in [1.165, 1.54) is 13.3 Å². The zero-order valence-corrected chi connectivity index (χ0v) is 9.54. The van der Waals surface area contributed by atoms with Gasteiger partial charge < -0.3 is 21.5 Å². The first kappa shape index (κ1) is 12.1. The fourth-order valence-electron chi connectivity index (χ4n) is 2.28. The maximum atomic E-state index is 13.2. The van der Waals surface area contributed by atoms with Crippen LogP contribution >= 0.6 is 0 Å². The van der Waals surface area contributed by atoms with Crippen LogP contribution < -0.4 is 16.8 Å².